The van der Waals surface area contributed by atoms with Crippen LogP contribution in [-0.2, 0) is 4.79 Å². The van der Waals surface area contributed by atoms with Crippen molar-refractivity contribution in [1.82, 2.24) is 10.2 Å². The highest BCUT2D eigenvalue weighted by atomic mass is 16.2. The lowest BCUT2D eigenvalue weighted by Gasteiger charge is -2.33. The molecule has 1 saturated carbocycles. The average Bonchev–Trinajstić information content (AvgIpc) is 2.85. The first-order valence-corrected chi connectivity index (χ1v) is 6.28. The monoisotopic (exact) mass is 210 g/mol. The SMILES string of the molecule is CCC1NCC(=O)N1C(C)C1CCCC1. The normalized spacial score (nSPS) is 30.1. The molecule has 86 valence electrons. The fraction of sp³-hybridized carbons (Fsp3) is 0.917. The Labute approximate surface area is 92.2 Å². The van der Waals surface area contributed by atoms with Gasteiger partial charge in [0, 0.05) is 6.04 Å². The van der Waals surface area contributed by atoms with E-state index >= 15 is 0 Å². The lowest BCUT2D eigenvalue weighted by Crippen LogP contribution is -2.45. The van der Waals surface area contributed by atoms with Gasteiger partial charge in [-0.25, -0.2) is 0 Å². The fourth-order valence-electron chi connectivity index (χ4n) is 3.09. The summed E-state index contributed by atoms with van der Waals surface area (Å²) in [7, 11) is 0. The third-order valence-corrected chi connectivity index (χ3v) is 4.02. The van der Waals surface area contributed by atoms with Crippen LogP contribution in [0.2, 0.25) is 0 Å². The molecule has 1 amide bonds. The zero-order chi connectivity index (χ0) is 10.8. The van der Waals surface area contributed by atoms with Crippen molar-refractivity contribution in [3.63, 3.8) is 0 Å². The minimum atomic E-state index is 0.285. The highest BCUT2D eigenvalue weighted by Gasteiger charge is 2.36. The van der Waals surface area contributed by atoms with E-state index in [2.05, 4.69) is 24.1 Å². The van der Waals surface area contributed by atoms with Gasteiger partial charge >= 0.3 is 0 Å². The fourth-order valence-corrected chi connectivity index (χ4v) is 3.09. The van der Waals surface area contributed by atoms with Crippen molar-refractivity contribution in [2.24, 2.45) is 5.92 Å². The Morgan fingerprint density at radius 3 is 2.73 bits per heavy atom. The number of nitrogens with one attached hydrogen (secondary N) is 1. The van der Waals surface area contributed by atoms with E-state index in [1.165, 1.54) is 25.7 Å². The van der Waals surface area contributed by atoms with E-state index in [1.54, 1.807) is 0 Å². The van der Waals surface area contributed by atoms with Gasteiger partial charge in [0.2, 0.25) is 5.91 Å². The van der Waals surface area contributed by atoms with Crippen molar-refractivity contribution in [3.05, 3.63) is 0 Å². The molecule has 1 aliphatic carbocycles. The first-order chi connectivity index (χ1) is 7.24. The first-order valence-electron chi connectivity index (χ1n) is 6.28. The van der Waals surface area contributed by atoms with Gasteiger partial charge in [-0.15, -0.1) is 0 Å². The molecule has 0 aromatic rings. The van der Waals surface area contributed by atoms with Gasteiger partial charge in [0.15, 0.2) is 0 Å². The second kappa shape index (κ2) is 4.52. The average molecular weight is 210 g/mol. The molecule has 15 heavy (non-hydrogen) atoms. The Morgan fingerprint density at radius 1 is 1.47 bits per heavy atom. The van der Waals surface area contributed by atoms with Gasteiger partial charge in [-0.1, -0.05) is 19.8 Å². The standard InChI is InChI=1S/C12H22N2O/c1-3-11-13-8-12(15)14(11)9(2)10-6-4-5-7-10/h9-11,13H,3-8H2,1-2H3. The number of nitrogens with zero attached hydrogens (tertiary/aromatic N) is 1. The second-order valence-corrected chi connectivity index (χ2v) is 4.89. The van der Waals surface area contributed by atoms with E-state index < -0.39 is 0 Å². The van der Waals surface area contributed by atoms with Gasteiger partial charge in [0.25, 0.3) is 0 Å². The molecular weight excluding hydrogens is 188 g/mol. The van der Waals surface area contributed by atoms with Crippen LogP contribution < -0.4 is 5.32 Å². The van der Waals surface area contributed by atoms with Crippen molar-refractivity contribution in [2.45, 2.75) is 58.2 Å². The van der Waals surface area contributed by atoms with E-state index in [9.17, 15) is 4.79 Å². The summed E-state index contributed by atoms with van der Waals surface area (Å²) in [5.74, 6) is 1.03. The largest absolute Gasteiger partial charge is 0.323 e. The number of carbonyl (C=O) groups is 1. The molecule has 0 radical (unpaired) electrons. The molecular formula is C12H22N2O. The Balaban J connectivity index is 2.03. The van der Waals surface area contributed by atoms with Crippen LogP contribution in [0.4, 0.5) is 0 Å². The Bertz CT molecular complexity index is 236. The van der Waals surface area contributed by atoms with Crippen LogP contribution in [0.1, 0.15) is 46.0 Å². The van der Waals surface area contributed by atoms with Crippen molar-refractivity contribution in [2.75, 3.05) is 6.54 Å². The molecule has 2 fully saturated rings. The van der Waals surface area contributed by atoms with E-state index in [-0.39, 0.29) is 6.17 Å². The maximum atomic E-state index is 11.8. The van der Waals surface area contributed by atoms with Crippen molar-refractivity contribution >= 4 is 5.91 Å². The zero-order valence-corrected chi connectivity index (χ0v) is 9.83. The topological polar surface area (TPSA) is 32.3 Å². The molecule has 2 unspecified atom stereocenters. The smallest absolute Gasteiger partial charge is 0.238 e. The molecule has 2 atom stereocenters. The molecule has 1 aliphatic heterocycles. The van der Waals surface area contributed by atoms with E-state index in [4.69, 9.17) is 0 Å². The van der Waals surface area contributed by atoms with Crippen LogP contribution >= 0.6 is 0 Å². The molecule has 1 heterocycles. The lowest BCUT2D eigenvalue weighted by molar-refractivity contribution is -0.131. The highest BCUT2D eigenvalue weighted by Crippen LogP contribution is 2.31. The Kier molecular flexibility index (Phi) is 3.29. The minimum Gasteiger partial charge on any atom is -0.323 e. The second-order valence-electron chi connectivity index (χ2n) is 4.89. The zero-order valence-electron chi connectivity index (χ0n) is 9.83. The summed E-state index contributed by atoms with van der Waals surface area (Å²) in [6, 6.07) is 0.431. The summed E-state index contributed by atoms with van der Waals surface area (Å²) in [6.45, 7) is 4.91. The third kappa shape index (κ3) is 2.03. The number of amides is 1. The number of carbonyl (C=O) groups excluding carboxylic acids is 1. The summed E-state index contributed by atoms with van der Waals surface area (Å²) in [4.78, 5) is 13.9. The predicted octanol–water partition coefficient (Wildman–Crippen LogP) is 1.73. The molecule has 1 N–H and O–H groups in total. The van der Waals surface area contributed by atoms with E-state index in [0.717, 1.165) is 12.3 Å². The van der Waals surface area contributed by atoms with Crippen LogP contribution in [0.25, 0.3) is 0 Å². The maximum Gasteiger partial charge on any atom is 0.238 e. The number of hydrogen-bond donors (Lipinski definition) is 1. The minimum absolute atomic E-state index is 0.285. The third-order valence-electron chi connectivity index (χ3n) is 4.02. The maximum absolute atomic E-state index is 11.8. The molecule has 3 nitrogen and oxygen atoms in total. The highest BCUT2D eigenvalue weighted by molar-refractivity contribution is 5.81. The molecule has 2 rings (SSSR count). The van der Waals surface area contributed by atoms with E-state index in [1.807, 2.05) is 0 Å². The summed E-state index contributed by atoms with van der Waals surface area (Å²) >= 11 is 0. The van der Waals surface area contributed by atoms with Gasteiger partial charge in [-0.2, -0.15) is 0 Å². The lowest BCUT2D eigenvalue weighted by atomic mass is 9.98. The predicted molar refractivity (Wildman–Crippen MR) is 60.3 cm³/mol. The van der Waals surface area contributed by atoms with E-state index in [0.29, 0.717) is 18.5 Å². The first kappa shape index (κ1) is 10.9. The molecule has 0 spiro atoms. The molecule has 1 saturated heterocycles. The van der Waals surface area contributed by atoms with Crippen molar-refractivity contribution < 1.29 is 4.79 Å². The number of rotatable bonds is 3. The van der Waals surface area contributed by atoms with Gasteiger partial charge < -0.3 is 4.90 Å². The summed E-state index contributed by atoms with van der Waals surface area (Å²) in [6.07, 6.45) is 6.61. The van der Waals surface area contributed by atoms with Crippen molar-refractivity contribution in [3.8, 4) is 0 Å². The van der Waals surface area contributed by atoms with Crippen molar-refractivity contribution in [1.29, 1.82) is 0 Å². The van der Waals surface area contributed by atoms with Crippen LogP contribution in [-0.4, -0.2) is 29.6 Å². The van der Waals surface area contributed by atoms with Crippen LogP contribution in [0.3, 0.4) is 0 Å². The quantitative estimate of drug-likeness (QED) is 0.769. The molecule has 0 aromatic carbocycles. The van der Waals surface area contributed by atoms with Gasteiger partial charge in [-0.05, 0) is 32.1 Å². The summed E-state index contributed by atoms with van der Waals surface area (Å²) in [5.41, 5.74) is 0. The summed E-state index contributed by atoms with van der Waals surface area (Å²) < 4.78 is 0. The van der Waals surface area contributed by atoms with Crippen LogP contribution in [0.15, 0.2) is 0 Å². The van der Waals surface area contributed by atoms with Crippen LogP contribution in [0.5, 0.6) is 0 Å². The van der Waals surface area contributed by atoms with Crippen LogP contribution in [0, 0.1) is 5.92 Å². The van der Waals surface area contributed by atoms with Gasteiger partial charge in [0.05, 0.1) is 12.7 Å². The molecule has 2 aliphatic rings. The Hall–Kier alpha value is -0.570. The molecule has 0 bridgehead atoms. The molecule has 0 aromatic heterocycles. The van der Waals surface area contributed by atoms with Gasteiger partial charge in [-0.3, -0.25) is 10.1 Å². The number of hydrogen-bond acceptors (Lipinski definition) is 2. The summed E-state index contributed by atoms with van der Waals surface area (Å²) in [5, 5.41) is 3.29. The molecule has 3 heteroatoms. The van der Waals surface area contributed by atoms with Gasteiger partial charge in [0.1, 0.15) is 0 Å². The Morgan fingerprint density at radius 2 is 2.13 bits per heavy atom.